The number of carbonyl (C=O) groups excluding carboxylic acids is 1. The number of benzene rings is 1. The molecule has 3 heterocycles. The SMILES string of the molecule is CNN1C(=N)c2cccc(n2)NC(=O)c2cc(C)ccc2OCC2CC1C2.[HH]. The van der Waals surface area contributed by atoms with Crippen LogP contribution in [-0.4, -0.2) is 41.4 Å². The number of amides is 1. The predicted octanol–water partition coefficient (Wildman–Crippen LogP) is 2.82. The molecule has 1 aromatic heterocycles. The standard InChI is InChI=1S/C20H23N5O2.H2/c1-12-6-7-17-15(8-12)20(26)24-18-5-3-4-16(23-18)19(21)25(22-2)14-9-13(10-14)11-27-17;/h3-8,13-14,21-22H,9-11H2,1-2H3,(H,23,24,26);1H. The summed E-state index contributed by atoms with van der Waals surface area (Å²) < 4.78 is 5.99. The number of nitrogens with zero attached hydrogens (tertiary/aromatic N) is 2. The highest BCUT2D eigenvalue weighted by Crippen LogP contribution is 2.33. The van der Waals surface area contributed by atoms with Crippen molar-refractivity contribution in [3.8, 4) is 5.75 Å². The zero-order valence-electron chi connectivity index (χ0n) is 15.5. The number of rotatable bonds is 1. The Kier molecular flexibility index (Phi) is 4.53. The van der Waals surface area contributed by atoms with Crippen molar-refractivity contribution in [1.29, 1.82) is 5.41 Å². The van der Waals surface area contributed by atoms with Crippen LogP contribution in [0.3, 0.4) is 0 Å². The minimum atomic E-state index is -0.265. The summed E-state index contributed by atoms with van der Waals surface area (Å²) in [6, 6.07) is 11.2. The van der Waals surface area contributed by atoms with Crippen molar-refractivity contribution >= 4 is 17.6 Å². The van der Waals surface area contributed by atoms with E-state index in [9.17, 15) is 4.79 Å². The van der Waals surface area contributed by atoms with E-state index >= 15 is 0 Å². The topological polar surface area (TPSA) is 90.3 Å². The zero-order valence-corrected chi connectivity index (χ0v) is 15.5. The van der Waals surface area contributed by atoms with Crippen LogP contribution in [0.4, 0.5) is 5.82 Å². The Labute approximate surface area is 159 Å². The number of anilines is 1. The van der Waals surface area contributed by atoms with E-state index in [2.05, 4.69) is 15.7 Å². The maximum atomic E-state index is 12.8. The van der Waals surface area contributed by atoms with Crippen molar-refractivity contribution in [2.75, 3.05) is 19.0 Å². The van der Waals surface area contributed by atoms with Gasteiger partial charge < -0.3 is 10.1 Å². The fourth-order valence-electron chi connectivity index (χ4n) is 3.62. The minimum Gasteiger partial charge on any atom is -0.492 e. The van der Waals surface area contributed by atoms with Crippen molar-refractivity contribution in [3.05, 3.63) is 53.2 Å². The lowest BCUT2D eigenvalue weighted by atomic mass is 9.80. The van der Waals surface area contributed by atoms with Gasteiger partial charge in [-0.3, -0.25) is 15.2 Å². The van der Waals surface area contributed by atoms with E-state index in [0.29, 0.717) is 41.2 Å². The molecule has 3 N–H and O–H groups in total. The molecule has 1 fully saturated rings. The molecular weight excluding hydrogens is 342 g/mol. The van der Waals surface area contributed by atoms with Gasteiger partial charge in [-0.05, 0) is 49.9 Å². The Morgan fingerprint density at radius 2 is 2.15 bits per heavy atom. The van der Waals surface area contributed by atoms with Gasteiger partial charge in [0.25, 0.3) is 5.91 Å². The van der Waals surface area contributed by atoms with Gasteiger partial charge in [0, 0.05) is 14.5 Å². The molecule has 2 aromatic rings. The number of aryl methyl sites for hydroxylation is 1. The lowest BCUT2D eigenvalue weighted by molar-refractivity contribution is 0.0710. The molecule has 0 saturated heterocycles. The lowest BCUT2D eigenvalue weighted by Gasteiger charge is -2.43. The second-order valence-corrected chi connectivity index (χ2v) is 7.11. The van der Waals surface area contributed by atoms with Crippen molar-refractivity contribution in [2.24, 2.45) is 5.92 Å². The molecule has 1 saturated carbocycles. The molecule has 1 aromatic carbocycles. The molecule has 7 nitrogen and oxygen atoms in total. The first kappa shape index (κ1) is 17.5. The van der Waals surface area contributed by atoms with Crippen LogP contribution >= 0.6 is 0 Å². The Morgan fingerprint density at radius 1 is 1.33 bits per heavy atom. The number of ether oxygens (including phenoxy) is 1. The van der Waals surface area contributed by atoms with Crippen molar-refractivity contribution in [1.82, 2.24) is 15.4 Å². The number of carbonyl (C=O) groups is 1. The molecule has 0 atom stereocenters. The van der Waals surface area contributed by atoms with Crippen LogP contribution in [-0.2, 0) is 0 Å². The molecule has 5 rings (SSSR count). The third-order valence-electron chi connectivity index (χ3n) is 5.15. The highest BCUT2D eigenvalue weighted by atomic mass is 16.5. The van der Waals surface area contributed by atoms with Gasteiger partial charge in [0.15, 0.2) is 5.84 Å². The van der Waals surface area contributed by atoms with Gasteiger partial charge in [-0.2, -0.15) is 0 Å². The van der Waals surface area contributed by atoms with E-state index in [1.807, 2.05) is 37.2 Å². The first-order valence-corrected chi connectivity index (χ1v) is 9.12. The van der Waals surface area contributed by atoms with E-state index in [4.69, 9.17) is 10.1 Å². The first-order valence-electron chi connectivity index (χ1n) is 9.12. The first-order chi connectivity index (χ1) is 13.0. The van der Waals surface area contributed by atoms with Crippen molar-refractivity contribution in [3.63, 3.8) is 0 Å². The van der Waals surface area contributed by atoms with E-state index in [1.165, 1.54) is 0 Å². The van der Waals surface area contributed by atoms with Crippen LogP contribution in [0.5, 0.6) is 5.75 Å². The second-order valence-electron chi connectivity index (χ2n) is 7.11. The smallest absolute Gasteiger partial charge is 0.260 e. The second kappa shape index (κ2) is 7.00. The molecule has 3 aliphatic rings. The fourth-order valence-corrected chi connectivity index (χ4v) is 3.62. The van der Waals surface area contributed by atoms with Gasteiger partial charge in [-0.25, -0.2) is 10.4 Å². The number of amidine groups is 1. The summed E-state index contributed by atoms with van der Waals surface area (Å²) in [5.41, 5.74) is 5.11. The summed E-state index contributed by atoms with van der Waals surface area (Å²) in [5.74, 6) is 1.44. The summed E-state index contributed by atoms with van der Waals surface area (Å²) in [6.45, 7) is 2.51. The van der Waals surface area contributed by atoms with Gasteiger partial charge in [0.05, 0.1) is 12.2 Å². The Morgan fingerprint density at radius 3 is 2.93 bits per heavy atom. The summed E-state index contributed by atoms with van der Waals surface area (Å²) >= 11 is 0. The predicted molar refractivity (Wildman–Crippen MR) is 105 cm³/mol. The monoisotopic (exact) mass is 367 g/mol. The third-order valence-corrected chi connectivity index (χ3v) is 5.15. The average Bonchev–Trinajstić information content (AvgIpc) is 2.63. The third kappa shape index (κ3) is 3.38. The molecule has 1 amide bonds. The van der Waals surface area contributed by atoms with Gasteiger partial charge in [0.2, 0.25) is 0 Å². The van der Waals surface area contributed by atoms with Gasteiger partial charge in [-0.15, -0.1) is 0 Å². The van der Waals surface area contributed by atoms with E-state index < -0.39 is 0 Å². The number of hydrogen-bond acceptors (Lipinski definition) is 5. The number of nitrogens with one attached hydrogen (secondary N) is 3. The number of aromatic nitrogens is 1. The summed E-state index contributed by atoms with van der Waals surface area (Å²) in [5, 5.41) is 13.2. The minimum absolute atomic E-state index is 0. The van der Waals surface area contributed by atoms with Crippen LogP contribution in [0.25, 0.3) is 0 Å². The van der Waals surface area contributed by atoms with Crippen molar-refractivity contribution in [2.45, 2.75) is 25.8 Å². The Balaban J connectivity index is 0.00000225. The molecule has 0 spiro atoms. The summed E-state index contributed by atoms with van der Waals surface area (Å²) in [4.78, 5) is 17.3. The fraction of sp³-hybridized carbons (Fsp3) is 0.350. The van der Waals surface area contributed by atoms with E-state index in [0.717, 1.165) is 18.4 Å². The quantitative estimate of drug-likeness (QED) is 0.721. The van der Waals surface area contributed by atoms with Crippen LogP contribution in [0.2, 0.25) is 0 Å². The van der Waals surface area contributed by atoms with Gasteiger partial charge in [-0.1, -0.05) is 17.7 Å². The molecule has 2 aliphatic heterocycles. The molecule has 142 valence electrons. The Hall–Kier alpha value is -2.93. The number of fused-ring (bicyclic) bond motifs is 3. The molecule has 7 heteroatoms. The maximum absolute atomic E-state index is 12.8. The zero-order chi connectivity index (χ0) is 19.0. The molecular formula is C20H25N5O2. The highest BCUT2D eigenvalue weighted by Gasteiger charge is 2.36. The lowest BCUT2D eigenvalue weighted by Crippen LogP contribution is -2.54. The number of hydrazine groups is 1. The van der Waals surface area contributed by atoms with Crippen LogP contribution in [0.15, 0.2) is 36.4 Å². The largest absolute Gasteiger partial charge is 0.492 e. The highest BCUT2D eigenvalue weighted by molar-refractivity contribution is 6.06. The van der Waals surface area contributed by atoms with Gasteiger partial charge >= 0.3 is 0 Å². The molecule has 0 radical (unpaired) electrons. The molecule has 1 aliphatic carbocycles. The molecule has 0 unspecified atom stereocenters. The van der Waals surface area contributed by atoms with Crippen LogP contribution in [0, 0.1) is 18.3 Å². The summed E-state index contributed by atoms with van der Waals surface area (Å²) in [6.07, 6.45) is 1.85. The number of pyridine rings is 1. The molecule has 4 bridgehead atoms. The van der Waals surface area contributed by atoms with Gasteiger partial charge in [0.1, 0.15) is 17.3 Å². The van der Waals surface area contributed by atoms with Crippen LogP contribution < -0.4 is 15.5 Å². The average molecular weight is 367 g/mol. The normalized spacial score (nSPS) is 22.1. The Bertz CT molecular complexity index is 898. The van der Waals surface area contributed by atoms with E-state index in [1.54, 1.807) is 18.2 Å². The maximum Gasteiger partial charge on any atom is 0.260 e. The van der Waals surface area contributed by atoms with E-state index in [-0.39, 0.29) is 13.4 Å². The van der Waals surface area contributed by atoms with Crippen molar-refractivity contribution < 1.29 is 11.0 Å². The summed E-state index contributed by atoms with van der Waals surface area (Å²) in [7, 11) is 1.81. The van der Waals surface area contributed by atoms with Crippen LogP contribution in [0.1, 0.15) is 35.9 Å². The number of hydrogen-bond donors (Lipinski definition) is 3. The molecule has 27 heavy (non-hydrogen) atoms.